The number of hydrogen-bond donors (Lipinski definition) is 0. The lowest BCUT2D eigenvalue weighted by Crippen LogP contribution is -2.49. The average molecular weight is 680 g/mol. The van der Waals surface area contributed by atoms with E-state index in [9.17, 15) is 0 Å². The first-order valence-corrected chi connectivity index (χ1v) is 21.2. The summed E-state index contributed by atoms with van der Waals surface area (Å²) in [6.07, 6.45) is 0. The smallest absolute Gasteiger partial charge is 0.113 e. The molecular formula is C50H37NSi. The molecule has 2 heterocycles. The minimum atomic E-state index is -1.84. The van der Waals surface area contributed by atoms with E-state index in [4.69, 9.17) is 0 Å². The van der Waals surface area contributed by atoms with Gasteiger partial charge in [0, 0.05) is 16.5 Å². The zero-order valence-electron chi connectivity index (χ0n) is 29.3. The van der Waals surface area contributed by atoms with Crippen LogP contribution >= 0.6 is 0 Å². The van der Waals surface area contributed by atoms with E-state index in [1.807, 2.05) is 0 Å². The van der Waals surface area contributed by atoms with Gasteiger partial charge < -0.3 is 4.57 Å². The van der Waals surface area contributed by atoms with E-state index in [2.05, 4.69) is 206 Å². The Morgan fingerprint density at radius 1 is 0.327 bits per heavy atom. The number of hydrogen-bond acceptors (Lipinski definition) is 0. The predicted molar refractivity (Wildman–Crippen MR) is 225 cm³/mol. The molecule has 0 N–H and O–H groups in total. The molecule has 0 spiro atoms. The fraction of sp³-hybridized carbons (Fsp3) is 0.0400. The Bertz CT molecular complexity index is 2630. The van der Waals surface area contributed by atoms with Crippen LogP contribution in [0.15, 0.2) is 188 Å². The third-order valence-corrected chi connectivity index (χ3v) is 14.8. The minimum Gasteiger partial charge on any atom is -0.309 e. The standard InChI is InChI=1S/C50H37NSi/c1-52(2)49-16-10-9-15-43(49)44-28-27-42(33-50(44)52)51-47-29-25-40(38-21-17-36(18-22-38)34-11-5-3-6-12-34)31-45(47)46-32-41(26-30-48(46)51)39-23-19-37(20-24-39)35-13-7-4-8-14-35/h3-33H,1-2H3. The molecule has 0 radical (unpaired) electrons. The van der Waals surface area contributed by atoms with Crippen LogP contribution in [-0.4, -0.2) is 12.6 Å². The molecule has 10 rings (SSSR count). The predicted octanol–water partition coefficient (Wildman–Crippen LogP) is 12.3. The first-order valence-electron chi connectivity index (χ1n) is 18.2. The van der Waals surface area contributed by atoms with Crippen molar-refractivity contribution in [1.29, 1.82) is 0 Å². The molecule has 246 valence electrons. The average Bonchev–Trinajstić information content (AvgIpc) is 3.66. The molecule has 1 nitrogen and oxygen atoms in total. The number of benzene rings is 8. The van der Waals surface area contributed by atoms with Gasteiger partial charge in [0.1, 0.15) is 8.07 Å². The molecule has 9 aromatic rings. The van der Waals surface area contributed by atoms with Gasteiger partial charge in [-0.25, -0.2) is 0 Å². The molecule has 2 heteroatoms. The van der Waals surface area contributed by atoms with Gasteiger partial charge in [-0.05, 0) is 102 Å². The molecule has 0 bridgehead atoms. The second kappa shape index (κ2) is 11.9. The van der Waals surface area contributed by atoms with Gasteiger partial charge in [-0.3, -0.25) is 0 Å². The van der Waals surface area contributed by atoms with E-state index in [1.54, 1.807) is 0 Å². The summed E-state index contributed by atoms with van der Waals surface area (Å²) in [6.45, 7) is 5.00. The minimum absolute atomic E-state index is 1.22. The molecule has 52 heavy (non-hydrogen) atoms. The quantitative estimate of drug-likeness (QED) is 0.160. The zero-order valence-corrected chi connectivity index (χ0v) is 30.3. The van der Waals surface area contributed by atoms with Crippen molar-refractivity contribution in [2.75, 3.05) is 0 Å². The van der Waals surface area contributed by atoms with Crippen molar-refractivity contribution in [2.45, 2.75) is 13.1 Å². The van der Waals surface area contributed by atoms with Crippen LogP contribution in [0.2, 0.25) is 13.1 Å². The van der Waals surface area contributed by atoms with Crippen molar-refractivity contribution < 1.29 is 0 Å². The molecule has 0 amide bonds. The summed E-state index contributed by atoms with van der Waals surface area (Å²) in [4.78, 5) is 0. The summed E-state index contributed by atoms with van der Waals surface area (Å²) in [7, 11) is -1.84. The van der Waals surface area contributed by atoms with Crippen molar-refractivity contribution in [2.24, 2.45) is 0 Å². The van der Waals surface area contributed by atoms with Gasteiger partial charge in [-0.2, -0.15) is 0 Å². The summed E-state index contributed by atoms with van der Waals surface area (Å²) >= 11 is 0. The summed E-state index contributed by atoms with van der Waals surface area (Å²) in [5.41, 5.74) is 16.3. The summed E-state index contributed by atoms with van der Waals surface area (Å²) in [5, 5.41) is 5.59. The highest BCUT2D eigenvalue weighted by molar-refractivity contribution is 7.03. The summed E-state index contributed by atoms with van der Waals surface area (Å²) in [5.74, 6) is 0. The van der Waals surface area contributed by atoms with Crippen molar-refractivity contribution in [3.8, 4) is 61.3 Å². The van der Waals surface area contributed by atoms with Gasteiger partial charge in [0.2, 0.25) is 0 Å². The molecule has 1 aliphatic rings. The lowest BCUT2D eigenvalue weighted by Gasteiger charge is -2.20. The number of rotatable bonds is 5. The van der Waals surface area contributed by atoms with Gasteiger partial charge in [0.25, 0.3) is 0 Å². The molecule has 0 aliphatic carbocycles. The molecule has 0 atom stereocenters. The largest absolute Gasteiger partial charge is 0.309 e. The second-order valence-corrected chi connectivity index (χ2v) is 18.9. The third kappa shape index (κ3) is 4.91. The van der Waals surface area contributed by atoms with Crippen LogP contribution in [0.25, 0.3) is 83.1 Å². The highest BCUT2D eigenvalue weighted by atomic mass is 28.3. The van der Waals surface area contributed by atoms with Gasteiger partial charge in [-0.15, -0.1) is 0 Å². The Morgan fingerprint density at radius 2 is 0.731 bits per heavy atom. The zero-order chi connectivity index (χ0) is 34.8. The van der Waals surface area contributed by atoms with E-state index >= 15 is 0 Å². The molecule has 1 aromatic heterocycles. The van der Waals surface area contributed by atoms with E-state index in [0.29, 0.717) is 0 Å². The molecule has 1 aliphatic heterocycles. The number of fused-ring (bicyclic) bond motifs is 6. The van der Waals surface area contributed by atoms with Crippen molar-refractivity contribution in [3.05, 3.63) is 188 Å². The lowest BCUT2D eigenvalue weighted by atomic mass is 9.97. The fourth-order valence-electron chi connectivity index (χ4n) is 8.46. The van der Waals surface area contributed by atoms with Gasteiger partial charge in [0.15, 0.2) is 0 Å². The van der Waals surface area contributed by atoms with Crippen LogP contribution in [0.3, 0.4) is 0 Å². The molecule has 0 unspecified atom stereocenters. The molecule has 0 saturated carbocycles. The number of aromatic nitrogens is 1. The Balaban J connectivity index is 1.13. The van der Waals surface area contributed by atoms with Gasteiger partial charge >= 0.3 is 0 Å². The van der Waals surface area contributed by atoms with Crippen LogP contribution in [0, 0.1) is 0 Å². The molecule has 0 saturated heterocycles. The van der Waals surface area contributed by atoms with Gasteiger partial charge in [-0.1, -0.05) is 165 Å². The van der Waals surface area contributed by atoms with Crippen LogP contribution in [0.1, 0.15) is 0 Å². The highest BCUT2D eigenvalue weighted by Gasteiger charge is 2.37. The SMILES string of the molecule is C[Si]1(C)c2ccccc2-c2ccc(-n3c4ccc(-c5ccc(-c6ccccc6)cc5)cc4c4cc(-c5ccc(-c6ccccc6)cc5)ccc43)cc21. The molecule has 8 aromatic carbocycles. The fourth-order valence-corrected chi connectivity index (χ4v) is 11.6. The third-order valence-electron chi connectivity index (χ3n) is 11.2. The van der Waals surface area contributed by atoms with Crippen molar-refractivity contribution in [1.82, 2.24) is 4.57 Å². The van der Waals surface area contributed by atoms with Crippen LogP contribution < -0.4 is 10.4 Å². The normalized spacial score (nSPS) is 13.0. The lowest BCUT2D eigenvalue weighted by molar-refractivity contribution is 1.18. The van der Waals surface area contributed by atoms with Crippen LogP contribution in [0.5, 0.6) is 0 Å². The maximum atomic E-state index is 2.50. The molecular weight excluding hydrogens is 643 g/mol. The highest BCUT2D eigenvalue weighted by Crippen LogP contribution is 2.39. The maximum absolute atomic E-state index is 2.50. The Kier molecular flexibility index (Phi) is 7.02. The maximum Gasteiger partial charge on any atom is 0.113 e. The first-order chi connectivity index (χ1) is 25.5. The van der Waals surface area contributed by atoms with Crippen LogP contribution in [-0.2, 0) is 0 Å². The van der Waals surface area contributed by atoms with E-state index < -0.39 is 8.07 Å². The topological polar surface area (TPSA) is 4.93 Å². The Hall–Kier alpha value is -6.22. The van der Waals surface area contributed by atoms with E-state index in [1.165, 1.54) is 93.5 Å². The number of nitrogens with zero attached hydrogens (tertiary/aromatic N) is 1. The first kappa shape index (κ1) is 30.6. The van der Waals surface area contributed by atoms with Crippen molar-refractivity contribution in [3.63, 3.8) is 0 Å². The Labute approximate surface area is 306 Å². The second-order valence-electron chi connectivity index (χ2n) is 14.6. The van der Waals surface area contributed by atoms with Crippen molar-refractivity contribution >= 4 is 40.3 Å². The van der Waals surface area contributed by atoms with Gasteiger partial charge in [0.05, 0.1) is 11.0 Å². The Morgan fingerprint density at radius 3 is 1.25 bits per heavy atom. The van der Waals surface area contributed by atoms with E-state index in [-0.39, 0.29) is 0 Å². The van der Waals surface area contributed by atoms with E-state index in [0.717, 1.165) is 0 Å². The monoisotopic (exact) mass is 679 g/mol. The molecule has 0 fully saturated rings. The summed E-state index contributed by atoms with van der Waals surface area (Å²) < 4.78 is 2.49. The van der Waals surface area contributed by atoms with Crippen LogP contribution in [0.4, 0.5) is 0 Å². The summed E-state index contributed by atoms with van der Waals surface area (Å²) in [6, 6.07) is 69.5.